The number of nitrogens with two attached hydrogens (primary N) is 1. The summed E-state index contributed by atoms with van der Waals surface area (Å²) < 4.78 is 11.5. The number of halogens is 2. The van der Waals surface area contributed by atoms with Crippen LogP contribution in [0.3, 0.4) is 0 Å². The van der Waals surface area contributed by atoms with Crippen molar-refractivity contribution in [1.82, 2.24) is 5.43 Å². The minimum absolute atomic E-state index is 0.00130. The zero-order chi connectivity index (χ0) is 15.3. The van der Waals surface area contributed by atoms with Crippen molar-refractivity contribution in [2.75, 3.05) is 19.8 Å². The molecule has 1 unspecified atom stereocenters. The number of hydrogen-bond acceptors (Lipinski definition) is 4. The summed E-state index contributed by atoms with van der Waals surface area (Å²) in [6.45, 7) is 4.04. The van der Waals surface area contributed by atoms with Crippen LogP contribution in [0.25, 0.3) is 0 Å². The van der Waals surface area contributed by atoms with Crippen LogP contribution < -0.4 is 11.3 Å². The Labute approximate surface area is 135 Å². The molecule has 4 nitrogen and oxygen atoms in total. The molecule has 1 aliphatic heterocycles. The average molecular weight is 333 g/mol. The summed E-state index contributed by atoms with van der Waals surface area (Å²) in [5.74, 6) is 5.81. The van der Waals surface area contributed by atoms with Crippen LogP contribution in [-0.4, -0.2) is 31.5 Å². The van der Waals surface area contributed by atoms with Gasteiger partial charge in [-0.2, -0.15) is 0 Å². The van der Waals surface area contributed by atoms with Crippen LogP contribution in [0.5, 0.6) is 0 Å². The molecule has 0 saturated carbocycles. The Morgan fingerprint density at radius 1 is 1.33 bits per heavy atom. The third-order valence-corrected chi connectivity index (χ3v) is 4.77. The molecular weight excluding hydrogens is 311 g/mol. The quantitative estimate of drug-likeness (QED) is 0.621. The lowest BCUT2D eigenvalue weighted by Gasteiger charge is -2.43. The normalized spacial score (nSPS) is 19.4. The number of hydrogen-bond donors (Lipinski definition) is 2. The molecule has 1 aliphatic rings. The van der Waals surface area contributed by atoms with Crippen molar-refractivity contribution >= 4 is 23.2 Å². The fourth-order valence-electron chi connectivity index (χ4n) is 2.90. The summed E-state index contributed by atoms with van der Waals surface area (Å²) in [5.41, 5.74) is 3.71. The first-order chi connectivity index (χ1) is 10.1. The third kappa shape index (κ3) is 4.09. The highest BCUT2D eigenvalue weighted by Gasteiger charge is 2.40. The Morgan fingerprint density at radius 3 is 2.62 bits per heavy atom. The van der Waals surface area contributed by atoms with Crippen LogP contribution in [0.4, 0.5) is 0 Å². The molecule has 0 aromatic heterocycles. The Bertz CT molecular complexity index is 459. The van der Waals surface area contributed by atoms with E-state index >= 15 is 0 Å². The van der Waals surface area contributed by atoms with Gasteiger partial charge in [0.15, 0.2) is 0 Å². The maximum absolute atomic E-state index is 6.09. The summed E-state index contributed by atoms with van der Waals surface area (Å²) >= 11 is 12.1. The highest BCUT2D eigenvalue weighted by molar-refractivity contribution is 6.42. The van der Waals surface area contributed by atoms with Crippen LogP contribution in [-0.2, 0) is 15.9 Å². The van der Waals surface area contributed by atoms with E-state index in [0.29, 0.717) is 29.9 Å². The van der Waals surface area contributed by atoms with Crippen LogP contribution in [0.15, 0.2) is 18.2 Å². The van der Waals surface area contributed by atoms with Gasteiger partial charge in [0.1, 0.15) is 0 Å². The highest BCUT2D eigenvalue weighted by atomic mass is 35.5. The first-order valence-corrected chi connectivity index (χ1v) is 7.98. The monoisotopic (exact) mass is 332 g/mol. The lowest BCUT2D eigenvalue weighted by Crippen LogP contribution is -2.58. The molecule has 1 saturated heterocycles. The molecule has 0 bridgehead atoms. The first kappa shape index (κ1) is 17.0. The van der Waals surface area contributed by atoms with Gasteiger partial charge in [-0.1, -0.05) is 29.3 Å². The van der Waals surface area contributed by atoms with Crippen molar-refractivity contribution in [2.24, 2.45) is 5.84 Å². The van der Waals surface area contributed by atoms with Gasteiger partial charge in [-0.05, 0) is 31.0 Å². The Balaban J connectivity index is 2.17. The van der Waals surface area contributed by atoms with E-state index in [9.17, 15) is 0 Å². The van der Waals surface area contributed by atoms with Gasteiger partial charge in [-0.15, -0.1) is 0 Å². The van der Waals surface area contributed by atoms with E-state index in [4.69, 9.17) is 38.5 Å². The van der Waals surface area contributed by atoms with E-state index in [-0.39, 0.29) is 11.6 Å². The minimum Gasteiger partial charge on any atom is -0.381 e. The molecule has 1 heterocycles. The second-order valence-electron chi connectivity index (χ2n) is 5.28. The van der Waals surface area contributed by atoms with Gasteiger partial charge in [-0.3, -0.25) is 11.3 Å². The predicted octanol–water partition coefficient (Wildman–Crippen LogP) is 2.95. The molecule has 0 radical (unpaired) electrons. The molecule has 1 atom stereocenters. The number of ether oxygens (including phenoxy) is 2. The Morgan fingerprint density at radius 2 is 2.05 bits per heavy atom. The van der Waals surface area contributed by atoms with Crippen LogP contribution in [0.2, 0.25) is 10.0 Å². The molecule has 1 aromatic carbocycles. The first-order valence-electron chi connectivity index (χ1n) is 7.23. The van der Waals surface area contributed by atoms with Crippen molar-refractivity contribution in [3.8, 4) is 0 Å². The molecule has 1 aromatic rings. The van der Waals surface area contributed by atoms with Crippen LogP contribution >= 0.6 is 23.2 Å². The van der Waals surface area contributed by atoms with Gasteiger partial charge < -0.3 is 9.47 Å². The van der Waals surface area contributed by atoms with E-state index < -0.39 is 0 Å². The van der Waals surface area contributed by atoms with Gasteiger partial charge in [0, 0.05) is 32.7 Å². The Kier molecular flexibility index (Phi) is 6.29. The zero-order valence-corrected chi connectivity index (χ0v) is 13.7. The molecule has 1 fully saturated rings. The summed E-state index contributed by atoms with van der Waals surface area (Å²) in [6.07, 6.45) is 2.39. The van der Waals surface area contributed by atoms with Crippen LogP contribution in [0, 0.1) is 0 Å². The molecule has 0 aliphatic carbocycles. The summed E-state index contributed by atoms with van der Waals surface area (Å²) in [6, 6.07) is 5.66. The Hall–Kier alpha value is -0.360. The summed E-state index contributed by atoms with van der Waals surface area (Å²) in [5, 5.41) is 1.12. The zero-order valence-electron chi connectivity index (χ0n) is 12.2. The van der Waals surface area contributed by atoms with Gasteiger partial charge in [0.25, 0.3) is 0 Å². The number of rotatable bonds is 6. The maximum Gasteiger partial charge on any atom is 0.0895 e. The second kappa shape index (κ2) is 7.77. The SMILES string of the molecule is CCOC1(C(Cc2ccc(Cl)c(Cl)c2)NN)CCOCC1. The summed E-state index contributed by atoms with van der Waals surface area (Å²) in [4.78, 5) is 0. The molecule has 3 N–H and O–H groups in total. The fourth-order valence-corrected chi connectivity index (χ4v) is 3.22. The second-order valence-corrected chi connectivity index (χ2v) is 6.10. The fraction of sp³-hybridized carbons (Fsp3) is 0.600. The van der Waals surface area contributed by atoms with E-state index in [0.717, 1.165) is 24.8 Å². The smallest absolute Gasteiger partial charge is 0.0895 e. The topological polar surface area (TPSA) is 56.5 Å². The van der Waals surface area contributed by atoms with E-state index in [2.05, 4.69) is 5.43 Å². The van der Waals surface area contributed by atoms with Crippen molar-refractivity contribution in [1.29, 1.82) is 0 Å². The molecule has 2 rings (SSSR count). The number of nitrogens with one attached hydrogen (secondary N) is 1. The van der Waals surface area contributed by atoms with Gasteiger partial charge >= 0.3 is 0 Å². The van der Waals surface area contributed by atoms with Crippen molar-refractivity contribution in [3.05, 3.63) is 33.8 Å². The molecule has 0 amide bonds. The van der Waals surface area contributed by atoms with Crippen molar-refractivity contribution in [2.45, 2.75) is 37.8 Å². The molecular formula is C15H22Cl2N2O2. The van der Waals surface area contributed by atoms with Crippen LogP contribution in [0.1, 0.15) is 25.3 Å². The van der Waals surface area contributed by atoms with Crippen molar-refractivity contribution in [3.63, 3.8) is 0 Å². The molecule has 118 valence electrons. The highest BCUT2D eigenvalue weighted by Crippen LogP contribution is 2.31. The van der Waals surface area contributed by atoms with Gasteiger partial charge in [0.2, 0.25) is 0 Å². The van der Waals surface area contributed by atoms with E-state index in [1.807, 2.05) is 25.1 Å². The third-order valence-electron chi connectivity index (χ3n) is 4.03. The molecule has 0 spiro atoms. The van der Waals surface area contributed by atoms with E-state index in [1.165, 1.54) is 0 Å². The number of hydrazine groups is 1. The maximum atomic E-state index is 6.09. The number of benzene rings is 1. The predicted molar refractivity (Wildman–Crippen MR) is 85.7 cm³/mol. The van der Waals surface area contributed by atoms with Gasteiger partial charge in [-0.25, -0.2) is 0 Å². The van der Waals surface area contributed by atoms with Crippen molar-refractivity contribution < 1.29 is 9.47 Å². The van der Waals surface area contributed by atoms with E-state index in [1.54, 1.807) is 0 Å². The lowest BCUT2D eigenvalue weighted by molar-refractivity contribution is -0.126. The summed E-state index contributed by atoms with van der Waals surface area (Å²) in [7, 11) is 0. The molecule has 21 heavy (non-hydrogen) atoms. The average Bonchev–Trinajstić information content (AvgIpc) is 2.49. The largest absolute Gasteiger partial charge is 0.381 e. The van der Waals surface area contributed by atoms with Gasteiger partial charge in [0.05, 0.1) is 21.7 Å². The lowest BCUT2D eigenvalue weighted by atomic mass is 9.83. The molecule has 6 heteroatoms. The minimum atomic E-state index is -0.298. The standard InChI is InChI=1S/C15H22Cl2N2O2/c1-2-21-15(5-7-20-8-6-15)14(19-18)10-11-3-4-12(16)13(17)9-11/h3-4,9,14,19H,2,5-8,10,18H2,1H3.